The second-order valence-corrected chi connectivity index (χ2v) is 5.42. The summed E-state index contributed by atoms with van der Waals surface area (Å²) in [5, 5.41) is 7.02. The molecule has 5 nitrogen and oxygen atoms in total. The molecule has 9 heteroatoms. The van der Waals surface area contributed by atoms with Crippen LogP contribution in [0, 0.1) is 13.8 Å². The zero-order valence-electron chi connectivity index (χ0n) is 12.1. The molecule has 23 heavy (non-hydrogen) atoms. The number of alkyl halides is 3. The molecule has 0 amide bonds. The summed E-state index contributed by atoms with van der Waals surface area (Å²) in [7, 11) is 0. The van der Waals surface area contributed by atoms with E-state index < -0.39 is 12.0 Å². The van der Waals surface area contributed by atoms with E-state index in [2.05, 4.69) is 20.4 Å². The van der Waals surface area contributed by atoms with Crippen molar-refractivity contribution >= 4 is 28.9 Å². The van der Waals surface area contributed by atoms with E-state index in [0.717, 1.165) is 10.1 Å². The molecular weight excluding hydrogens is 331 g/mol. The van der Waals surface area contributed by atoms with Crippen molar-refractivity contribution in [2.75, 3.05) is 5.32 Å². The van der Waals surface area contributed by atoms with E-state index in [4.69, 9.17) is 11.6 Å². The summed E-state index contributed by atoms with van der Waals surface area (Å²) in [5.41, 5.74) is 2.03. The lowest BCUT2D eigenvalue weighted by Gasteiger charge is -2.09. The Bertz CT molecular complexity index is 888. The molecule has 0 aliphatic carbocycles. The number of rotatable bonds is 2. The number of aryl methyl sites for hydroxylation is 2. The van der Waals surface area contributed by atoms with Crippen LogP contribution in [0.25, 0.3) is 5.78 Å². The maximum Gasteiger partial charge on any atom is 0.453 e. The standard InChI is InChI=1S/C14H11ClF3N5/c1-7-3-4-9(6-10(7)15)20-11-5-8(2)19-13-21-12(14(16,17)18)22-23(11)13/h3-6,20H,1-2H3. The summed E-state index contributed by atoms with van der Waals surface area (Å²) < 4.78 is 39.4. The SMILES string of the molecule is Cc1cc(Nc2ccc(C)c(Cl)c2)n2nc(C(F)(F)F)nc2n1. The fourth-order valence-corrected chi connectivity index (χ4v) is 2.20. The van der Waals surface area contributed by atoms with E-state index in [1.54, 1.807) is 31.2 Å². The van der Waals surface area contributed by atoms with Crippen LogP contribution in [0.2, 0.25) is 5.02 Å². The zero-order chi connectivity index (χ0) is 16.8. The van der Waals surface area contributed by atoms with Crippen molar-refractivity contribution in [3.05, 3.63) is 46.4 Å². The van der Waals surface area contributed by atoms with Crippen molar-refractivity contribution in [3.8, 4) is 0 Å². The summed E-state index contributed by atoms with van der Waals surface area (Å²) in [4.78, 5) is 7.40. The highest BCUT2D eigenvalue weighted by molar-refractivity contribution is 6.31. The van der Waals surface area contributed by atoms with Crippen LogP contribution in [-0.4, -0.2) is 19.6 Å². The molecule has 0 aliphatic rings. The molecule has 1 aromatic carbocycles. The Labute approximate surface area is 134 Å². The van der Waals surface area contributed by atoms with Crippen LogP contribution in [0.3, 0.4) is 0 Å². The fraction of sp³-hybridized carbons (Fsp3) is 0.214. The smallest absolute Gasteiger partial charge is 0.340 e. The van der Waals surface area contributed by atoms with Gasteiger partial charge < -0.3 is 5.32 Å². The van der Waals surface area contributed by atoms with Gasteiger partial charge in [-0.15, -0.1) is 5.10 Å². The van der Waals surface area contributed by atoms with E-state index in [1.165, 1.54) is 0 Å². The number of benzene rings is 1. The first kappa shape index (κ1) is 15.5. The Hall–Kier alpha value is -2.35. The largest absolute Gasteiger partial charge is 0.453 e. The first-order chi connectivity index (χ1) is 10.7. The molecule has 2 aromatic heterocycles. The van der Waals surface area contributed by atoms with Gasteiger partial charge in [-0.1, -0.05) is 17.7 Å². The van der Waals surface area contributed by atoms with Gasteiger partial charge in [0.15, 0.2) is 0 Å². The van der Waals surface area contributed by atoms with Crippen LogP contribution in [0.4, 0.5) is 24.7 Å². The number of halogens is 4. The minimum absolute atomic E-state index is 0.127. The number of aromatic nitrogens is 4. The molecule has 0 unspecified atom stereocenters. The van der Waals surface area contributed by atoms with Gasteiger partial charge >= 0.3 is 6.18 Å². The highest BCUT2D eigenvalue weighted by Crippen LogP contribution is 2.28. The molecule has 2 heterocycles. The van der Waals surface area contributed by atoms with E-state index in [0.29, 0.717) is 22.2 Å². The molecule has 0 radical (unpaired) electrons. The van der Waals surface area contributed by atoms with Crippen LogP contribution >= 0.6 is 11.6 Å². The number of hydrogen-bond donors (Lipinski definition) is 1. The van der Waals surface area contributed by atoms with Gasteiger partial charge in [0.2, 0.25) is 0 Å². The molecule has 1 N–H and O–H groups in total. The molecule has 0 bridgehead atoms. The zero-order valence-corrected chi connectivity index (χ0v) is 12.9. The van der Waals surface area contributed by atoms with Crippen LogP contribution in [0.1, 0.15) is 17.1 Å². The predicted molar refractivity (Wildman–Crippen MR) is 80.0 cm³/mol. The van der Waals surface area contributed by atoms with Gasteiger partial charge in [0.1, 0.15) is 5.82 Å². The lowest BCUT2D eigenvalue weighted by Crippen LogP contribution is -2.08. The van der Waals surface area contributed by atoms with Gasteiger partial charge in [-0.25, -0.2) is 4.98 Å². The number of anilines is 2. The molecule has 3 aromatic rings. The number of nitrogens with one attached hydrogen (secondary N) is 1. The number of hydrogen-bond acceptors (Lipinski definition) is 4. The number of fused-ring (bicyclic) bond motifs is 1. The molecule has 0 aliphatic heterocycles. The van der Waals surface area contributed by atoms with Crippen LogP contribution in [0.5, 0.6) is 0 Å². The Morgan fingerprint density at radius 1 is 1.13 bits per heavy atom. The quantitative estimate of drug-likeness (QED) is 0.760. The minimum atomic E-state index is -4.63. The molecule has 120 valence electrons. The van der Waals surface area contributed by atoms with Crippen molar-refractivity contribution in [2.45, 2.75) is 20.0 Å². The third-order valence-electron chi connectivity index (χ3n) is 3.14. The molecule has 0 saturated carbocycles. The van der Waals surface area contributed by atoms with E-state index in [9.17, 15) is 13.2 Å². The summed E-state index contributed by atoms with van der Waals surface area (Å²) in [5.74, 6) is -1.05. The maximum atomic E-state index is 12.8. The highest BCUT2D eigenvalue weighted by Gasteiger charge is 2.36. The second kappa shape index (κ2) is 5.38. The Kier molecular flexibility index (Phi) is 3.63. The van der Waals surface area contributed by atoms with E-state index in [1.807, 2.05) is 6.92 Å². The van der Waals surface area contributed by atoms with E-state index >= 15 is 0 Å². The summed E-state index contributed by atoms with van der Waals surface area (Å²) in [6.07, 6.45) is -4.63. The van der Waals surface area contributed by atoms with Crippen LogP contribution in [0.15, 0.2) is 24.3 Å². The normalized spacial score (nSPS) is 11.9. The van der Waals surface area contributed by atoms with Crippen molar-refractivity contribution in [2.24, 2.45) is 0 Å². The molecule has 3 rings (SSSR count). The molecule has 0 atom stereocenters. The van der Waals surface area contributed by atoms with Gasteiger partial charge in [0.05, 0.1) is 0 Å². The van der Waals surface area contributed by atoms with Crippen molar-refractivity contribution < 1.29 is 13.2 Å². The van der Waals surface area contributed by atoms with Gasteiger partial charge in [-0.3, -0.25) is 0 Å². The Balaban J connectivity index is 2.09. The van der Waals surface area contributed by atoms with Crippen molar-refractivity contribution in [1.29, 1.82) is 0 Å². The monoisotopic (exact) mass is 341 g/mol. The van der Waals surface area contributed by atoms with E-state index in [-0.39, 0.29) is 5.78 Å². The third kappa shape index (κ3) is 3.07. The summed E-state index contributed by atoms with van der Waals surface area (Å²) in [6, 6.07) is 6.83. The van der Waals surface area contributed by atoms with Crippen LogP contribution < -0.4 is 5.32 Å². The predicted octanol–water partition coefficient (Wildman–Crippen LogP) is 4.16. The van der Waals surface area contributed by atoms with Gasteiger partial charge in [-0.2, -0.15) is 22.7 Å². The van der Waals surface area contributed by atoms with Crippen molar-refractivity contribution in [3.63, 3.8) is 0 Å². The summed E-state index contributed by atoms with van der Waals surface area (Å²) in [6.45, 7) is 3.52. The van der Waals surface area contributed by atoms with Gasteiger partial charge in [0, 0.05) is 22.5 Å². The maximum absolute atomic E-state index is 12.8. The third-order valence-corrected chi connectivity index (χ3v) is 3.55. The summed E-state index contributed by atoms with van der Waals surface area (Å²) >= 11 is 6.06. The van der Waals surface area contributed by atoms with Gasteiger partial charge in [-0.05, 0) is 31.5 Å². The fourth-order valence-electron chi connectivity index (χ4n) is 2.01. The average Bonchev–Trinajstić information content (AvgIpc) is 2.87. The molecule has 0 saturated heterocycles. The molecule has 0 spiro atoms. The number of nitrogens with zero attached hydrogens (tertiary/aromatic N) is 4. The lowest BCUT2D eigenvalue weighted by molar-refractivity contribution is -0.144. The molecule has 0 fully saturated rings. The van der Waals surface area contributed by atoms with Crippen LogP contribution in [-0.2, 0) is 6.18 Å². The van der Waals surface area contributed by atoms with Gasteiger partial charge in [0.25, 0.3) is 11.6 Å². The average molecular weight is 342 g/mol. The first-order valence-electron chi connectivity index (χ1n) is 6.59. The topological polar surface area (TPSA) is 55.1 Å². The van der Waals surface area contributed by atoms with Crippen molar-refractivity contribution in [1.82, 2.24) is 19.6 Å². The Morgan fingerprint density at radius 2 is 1.87 bits per heavy atom. The lowest BCUT2D eigenvalue weighted by atomic mass is 10.2. The first-order valence-corrected chi connectivity index (χ1v) is 6.96. The highest BCUT2D eigenvalue weighted by atomic mass is 35.5. The molecular formula is C14H11ClF3N5. The second-order valence-electron chi connectivity index (χ2n) is 5.02. The Morgan fingerprint density at radius 3 is 2.52 bits per heavy atom. The minimum Gasteiger partial charge on any atom is -0.340 e.